The van der Waals surface area contributed by atoms with Crippen molar-refractivity contribution in [2.75, 3.05) is 0 Å². The van der Waals surface area contributed by atoms with E-state index < -0.39 is 0 Å². The summed E-state index contributed by atoms with van der Waals surface area (Å²) in [4.78, 5) is 12.4. The lowest BCUT2D eigenvalue weighted by molar-refractivity contribution is 0.104. The molecule has 3 heteroatoms. The van der Waals surface area contributed by atoms with Gasteiger partial charge in [0.15, 0.2) is 5.78 Å². The molecule has 0 saturated heterocycles. The van der Waals surface area contributed by atoms with Gasteiger partial charge in [0, 0.05) is 5.56 Å². The molecule has 0 heterocycles. The fourth-order valence-electron chi connectivity index (χ4n) is 5.55. The molecule has 0 spiro atoms. The van der Waals surface area contributed by atoms with Crippen molar-refractivity contribution in [3.05, 3.63) is 114 Å². The summed E-state index contributed by atoms with van der Waals surface area (Å²) in [5.41, 5.74) is 3.65. The molecule has 3 aromatic carbocycles. The van der Waals surface area contributed by atoms with Gasteiger partial charge in [-0.3, -0.25) is 4.79 Å². The first kappa shape index (κ1) is 35.0. The third-order valence-electron chi connectivity index (χ3n) is 8.33. The molecule has 2 nitrogen and oxygen atoms in total. The van der Waals surface area contributed by atoms with E-state index in [-0.39, 0.29) is 17.7 Å². The van der Waals surface area contributed by atoms with Crippen LogP contribution >= 0.6 is 0 Å². The van der Waals surface area contributed by atoms with Gasteiger partial charge in [0.2, 0.25) is 0 Å². The van der Waals surface area contributed by atoms with Crippen LogP contribution in [-0.4, -0.2) is 5.78 Å². The van der Waals surface area contributed by atoms with Gasteiger partial charge in [0.05, 0.1) is 0 Å². The zero-order chi connectivity index (χ0) is 31.2. The Balaban J connectivity index is 1.40. The maximum absolute atomic E-state index is 13.1. The van der Waals surface area contributed by atoms with Crippen molar-refractivity contribution in [3.8, 4) is 5.75 Å². The van der Waals surface area contributed by atoms with Crippen LogP contribution in [0.2, 0.25) is 0 Å². The summed E-state index contributed by atoms with van der Waals surface area (Å²) in [6, 6.07) is 21.9. The summed E-state index contributed by atoms with van der Waals surface area (Å²) >= 11 is 0. The van der Waals surface area contributed by atoms with Crippen molar-refractivity contribution in [1.82, 2.24) is 0 Å². The van der Waals surface area contributed by atoms with Gasteiger partial charge >= 0.3 is 0 Å². The number of hydrogen-bond acceptors (Lipinski definition) is 2. The van der Waals surface area contributed by atoms with Gasteiger partial charge in [0.25, 0.3) is 0 Å². The number of allylic oxidation sites excluding steroid dienone is 1. The molecule has 0 saturated carbocycles. The van der Waals surface area contributed by atoms with E-state index >= 15 is 0 Å². The summed E-state index contributed by atoms with van der Waals surface area (Å²) in [5, 5.41) is 0. The highest BCUT2D eigenvalue weighted by atomic mass is 19.1. The summed E-state index contributed by atoms with van der Waals surface area (Å²) in [5.74, 6) is 0.304. The minimum atomic E-state index is -0.351. The average Bonchev–Trinajstić information content (AvgIpc) is 3.05. The lowest BCUT2D eigenvalue weighted by Crippen LogP contribution is -2.08. The van der Waals surface area contributed by atoms with Crippen LogP contribution in [0.4, 0.5) is 4.39 Å². The van der Waals surface area contributed by atoms with Gasteiger partial charge in [-0.1, -0.05) is 152 Å². The molecule has 1 atom stereocenters. The number of ketones is 1. The Bertz CT molecular complexity index is 1230. The van der Waals surface area contributed by atoms with Crippen LogP contribution < -0.4 is 4.74 Å². The predicted molar refractivity (Wildman–Crippen MR) is 186 cm³/mol. The molecule has 0 aromatic heterocycles. The number of halogens is 1. The molecule has 3 aromatic rings. The number of carbonyl (C=O) groups excluding carboxylic acids is 1. The molecule has 0 radical (unpaired) electrons. The van der Waals surface area contributed by atoms with E-state index in [0.29, 0.717) is 5.56 Å². The van der Waals surface area contributed by atoms with Gasteiger partial charge in [-0.2, -0.15) is 0 Å². The van der Waals surface area contributed by atoms with Gasteiger partial charge in [-0.05, 0) is 72.0 Å². The lowest BCUT2D eigenvalue weighted by Gasteiger charge is -2.20. The van der Waals surface area contributed by atoms with Gasteiger partial charge in [0.1, 0.15) is 17.7 Å². The maximum atomic E-state index is 13.1. The molecule has 0 aliphatic rings. The van der Waals surface area contributed by atoms with E-state index in [4.69, 9.17) is 4.74 Å². The van der Waals surface area contributed by atoms with E-state index in [1.807, 2.05) is 30.3 Å². The van der Waals surface area contributed by atoms with Crippen LogP contribution in [0.5, 0.6) is 5.75 Å². The first-order valence-corrected chi connectivity index (χ1v) is 17.1. The lowest BCUT2D eigenvalue weighted by atomic mass is 10.00. The van der Waals surface area contributed by atoms with Crippen molar-refractivity contribution >= 4 is 17.9 Å². The first-order chi connectivity index (χ1) is 21.6. The number of rotatable bonds is 23. The number of unbranched alkanes of at least 4 members (excludes halogenated alkanes) is 14. The van der Waals surface area contributed by atoms with E-state index in [0.717, 1.165) is 29.7 Å². The molecule has 0 bridgehead atoms. The summed E-state index contributed by atoms with van der Waals surface area (Å²) in [6.07, 6.45) is 26.5. The molecule has 1 unspecified atom stereocenters. The topological polar surface area (TPSA) is 26.3 Å². The standard InChI is InChI=1S/C41H53FO2/c1-3-5-6-7-8-9-10-11-12-13-14-15-16-17-18-19-41(37-25-20-34(4-2)21-26-37)44-39-31-22-35(23-32-39)24-33-40(43)36-27-29-38(42)30-28-36/h4,20-33,41H,2-3,5-19H2,1H3. The number of carbonyl (C=O) groups is 1. The van der Waals surface area contributed by atoms with Crippen LogP contribution in [0, 0.1) is 5.82 Å². The Morgan fingerprint density at radius 3 is 1.70 bits per heavy atom. The average molecular weight is 597 g/mol. The number of ether oxygens (including phenoxy) is 1. The van der Waals surface area contributed by atoms with Gasteiger partial charge < -0.3 is 4.74 Å². The molecular weight excluding hydrogens is 543 g/mol. The van der Waals surface area contributed by atoms with E-state index in [2.05, 4.69) is 37.8 Å². The smallest absolute Gasteiger partial charge is 0.185 e. The third kappa shape index (κ3) is 13.9. The Hall–Kier alpha value is -3.46. The third-order valence-corrected chi connectivity index (χ3v) is 8.33. The zero-order valence-electron chi connectivity index (χ0n) is 27.0. The minimum Gasteiger partial charge on any atom is -0.486 e. The molecule has 236 valence electrons. The van der Waals surface area contributed by atoms with Crippen LogP contribution in [0.15, 0.2) is 85.5 Å². The van der Waals surface area contributed by atoms with Crippen LogP contribution in [-0.2, 0) is 0 Å². The minimum absolute atomic E-state index is 0.0164. The molecule has 0 N–H and O–H groups in total. The van der Waals surface area contributed by atoms with Crippen molar-refractivity contribution in [2.45, 2.75) is 116 Å². The SMILES string of the molecule is C=Cc1ccc(C(CCCCCCCCCCCCCCCCC)Oc2ccc(C=CC(=O)c3ccc(F)cc3)cc2)cc1. The maximum Gasteiger partial charge on any atom is 0.185 e. The predicted octanol–water partition coefficient (Wildman–Crippen LogP) is 12.7. The Morgan fingerprint density at radius 1 is 0.682 bits per heavy atom. The molecule has 0 aliphatic heterocycles. The monoisotopic (exact) mass is 596 g/mol. The van der Waals surface area contributed by atoms with E-state index in [1.165, 1.54) is 126 Å². The summed E-state index contributed by atoms with van der Waals surface area (Å²) in [7, 11) is 0. The van der Waals surface area contributed by atoms with Crippen molar-refractivity contribution in [2.24, 2.45) is 0 Å². The fourth-order valence-corrected chi connectivity index (χ4v) is 5.55. The number of benzene rings is 3. The van der Waals surface area contributed by atoms with Crippen molar-refractivity contribution in [3.63, 3.8) is 0 Å². The molecule has 44 heavy (non-hydrogen) atoms. The highest BCUT2D eigenvalue weighted by Crippen LogP contribution is 2.28. The second-order valence-electron chi connectivity index (χ2n) is 12.0. The van der Waals surface area contributed by atoms with Crippen LogP contribution in [0.25, 0.3) is 12.2 Å². The Morgan fingerprint density at radius 2 is 1.18 bits per heavy atom. The van der Waals surface area contributed by atoms with Crippen molar-refractivity contribution in [1.29, 1.82) is 0 Å². The van der Waals surface area contributed by atoms with E-state index in [9.17, 15) is 9.18 Å². The van der Waals surface area contributed by atoms with E-state index in [1.54, 1.807) is 6.08 Å². The van der Waals surface area contributed by atoms with Crippen molar-refractivity contribution < 1.29 is 13.9 Å². The fraction of sp³-hybridized carbons (Fsp3) is 0.439. The van der Waals surface area contributed by atoms with Gasteiger partial charge in [-0.15, -0.1) is 0 Å². The Kier molecular flexibility index (Phi) is 16.9. The second kappa shape index (κ2) is 21.3. The molecule has 0 aliphatic carbocycles. The molecule has 0 amide bonds. The highest BCUT2D eigenvalue weighted by molar-refractivity contribution is 6.06. The normalized spacial score (nSPS) is 12.0. The summed E-state index contributed by atoms with van der Waals surface area (Å²) in [6.45, 7) is 6.16. The second-order valence-corrected chi connectivity index (χ2v) is 12.0. The zero-order valence-corrected chi connectivity index (χ0v) is 27.0. The van der Waals surface area contributed by atoms with Crippen LogP contribution in [0.1, 0.15) is 143 Å². The summed E-state index contributed by atoms with van der Waals surface area (Å²) < 4.78 is 19.6. The molecule has 3 rings (SSSR count). The largest absolute Gasteiger partial charge is 0.486 e. The molecule has 0 fully saturated rings. The molecular formula is C41H53FO2. The number of hydrogen-bond donors (Lipinski definition) is 0. The highest BCUT2D eigenvalue weighted by Gasteiger charge is 2.14. The quantitative estimate of drug-likeness (QED) is 0.0618. The first-order valence-electron chi connectivity index (χ1n) is 17.1. The van der Waals surface area contributed by atoms with Gasteiger partial charge in [-0.25, -0.2) is 4.39 Å². The van der Waals surface area contributed by atoms with Crippen LogP contribution in [0.3, 0.4) is 0 Å². The Labute approximate surface area is 266 Å².